The molecule has 0 aliphatic carbocycles. The maximum Gasteiger partial charge on any atom is 0.418 e. The number of epoxide rings is 1. The van der Waals surface area contributed by atoms with Gasteiger partial charge in [-0.05, 0) is 24.6 Å². The maximum absolute atomic E-state index is 12.9. The van der Waals surface area contributed by atoms with Crippen molar-refractivity contribution in [2.45, 2.75) is 25.3 Å². The molecule has 0 saturated carbocycles. The van der Waals surface area contributed by atoms with E-state index in [0.717, 1.165) is 0 Å². The zero-order chi connectivity index (χ0) is 13.9. The van der Waals surface area contributed by atoms with Gasteiger partial charge < -0.3 is 14.2 Å². The third kappa shape index (κ3) is 4.11. The first-order valence-corrected chi connectivity index (χ1v) is 6.03. The van der Waals surface area contributed by atoms with E-state index < -0.39 is 12.3 Å². The summed E-state index contributed by atoms with van der Waals surface area (Å²) in [6.07, 6.45) is -6.57. The van der Waals surface area contributed by atoms with Crippen LogP contribution >= 0.6 is 0 Å². The molecule has 6 heteroatoms. The van der Waals surface area contributed by atoms with E-state index in [1.165, 1.54) is 24.3 Å². The molecule has 19 heavy (non-hydrogen) atoms. The molecule has 0 radical (unpaired) electrons. The van der Waals surface area contributed by atoms with Gasteiger partial charge in [0.1, 0.15) is 11.9 Å². The number of halogens is 3. The molecule has 1 aliphatic heterocycles. The van der Waals surface area contributed by atoms with Gasteiger partial charge >= 0.3 is 6.18 Å². The average molecular weight is 276 g/mol. The Hall–Kier alpha value is -1.27. The van der Waals surface area contributed by atoms with Crippen LogP contribution in [0.2, 0.25) is 0 Å². The summed E-state index contributed by atoms with van der Waals surface area (Å²) < 4.78 is 53.7. The fourth-order valence-corrected chi connectivity index (χ4v) is 1.65. The molecule has 0 bridgehead atoms. The second-order valence-corrected chi connectivity index (χ2v) is 4.21. The van der Waals surface area contributed by atoms with E-state index in [1.54, 1.807) is 0 Å². The van der Waals surface area contributed by atoms with Crippen LogP contribution in [0.25, 0.3) is 0 Å². The molecule has 0 amide bonds. The highest BCUT2D eigenvalue weighted by Crippen LogP contribution is 2.37. The first-order valence-electron chi connectivity index (χ1n) is 6.03. The van der Waals surface area contributed by atoms with Crippen LogP contribution in [0.15, 0.2) is 24.3 Å². The first-order chi connectivity index (χ1) is 9.00. The van der Waals surface area contributed by atoms with Crippen molar-refractivity contribution in [1.82, 2.24) is 0 Å². The largest absolute Gasteiger partial charge is 0.494 e. The molecule has 1 aromatic carbocycles. The van der Waals surface area contributed by atoms with Gasteiger partial charge in [-0.1, -0.05) is 12.1 Å². The van der Waals surface area contributed by atoms with Crippen molar-refractivity contribution in [1.29, 1.82) is 0 Å². The van der Waals surface area contributed by atoms with Gasteiger partial charge in [0, 0.05) is 0 Å². The second-order valence-electron chi connectivity index (χ2n) is 4.21. The smallest absolute Gasteiger partial charge is 0.418 e. The molecule has 2 rings (SSSR count). The first kappa shape index (κ1) is 14.1. The van der Waals surface area contributed by atoms with Crippen LogP contribution in [-0.4, -0.2) is 32.1 Å². The van der Waals surface area contributed by atoms with Gasteiger partial charge in [0.25, 0.3) is 0 Å². The number of hydrogen-bond acceptors (Lipinski definition) is 3. The summed E-state index contributed by atoms with van der Waals surface area (Å²) in [5.74, 6) is 0.540. The zero-order valence-electron chi connectivity index (χ0n) is 10.4. The average Bonchev–Trinajstić information content (AvgIpc) is 3.14. The topological polar surface area (TPSA) is 31.0 Å². The van der Waals surface area contributed by atoms with Crippen LogP contribution in [0.1, 0.15) is 18.6 Å². The van der Waals surface area contributed by atoms with Gasteiger partial charge in [-0.15, -0.1) is 0 Å². The lowest BCUT2D eigenvalue weighted by molar-refractivity contribution is -0.224. The van der Waals surface area contributed by atoms with Gasteiger partial charge in [-0.2, -0.15) is 13.2 Å². The lowest BCUT2D eigenvalue weighted by Crippen LogP contribution is -2.25. The number of ether oxygens (including phenoxy) is 3. The lowest BCUT2D eigenvalue weighted by Gasteiger charge is -2.21. The number of rotatable bonds is 6. The van der Waals surface area contributed by atoms with Crippen molar-refractivity contribution in [3.63, 3.8) is 0 Å². The highest BCUT2D eigenvalue weighted by molar-refractivity contribution is 5.29. The Bertz CT molecular complexity index is 399. The Morgan fingerprint density at radius 2 is 1.95 bits per heavy atom. The Morgan fingerprint density at radius 1 is 1.32 bits per heavy atom. The van der Waals surface area contributed by atoms with E-state index in [2.05, 4.69) is 0 Å². The lowest BCUT2D eigenvalue weighted by atomic mass is 10.1. The van der Waals surface area contributed by atoms with Crippen LogP contribution in [0, 0.1) is 0 Å². The quantitative estimate of drug-likeness (QED) is 0.748. The van der Waals surface area contributed by atoms with Gasteiger partial charge in [0.2, 0.25) is 0 Å². The minimum atomic E-state index is -4.44. The predicted molar refractivity (Wildman–Crippen MR) is 62.1 cm³/mol. The Kier molecular flexibility index (Phi) is 4.31. The molecular formula is C13H15F3O3. The zero-order valence-corrected chi connectivity index (χ0v) is 10.4. The van der Waals surface area contributed by atoms with Gasteiger partial charge in [-0.25, -0.2) is 0 Å². The standard InChI is InChI=1S/C13H15F3O3/c1-2-17-10-5-3-9(4-6-10)12(13(14,15)16)19-8-11-7-18-11/h3-6,11-12H,2,7-8H2,1H3. The predicted octanol–water partition coefficient (Wildman–Crippen LogP) is 3.10. The number of alkyl halides is 3. The molecule has 1 saturated heterocycles. The SMILES string of the molecule is CCOc1ccc(C(OCC2CO2)C(F)(F)F)cc1. The van der Waals surface area contributed by atoms with Crippen LogP contribution in [0.3, 0.4) is 0 Å². The molecule has 2 atom stereocenters. The van der Waals surface area contributed by atoms with Crippen molar-refractivity contribution in [2.24, 2.45) is 0 Å². The van der Waals surface area contributed by atoms with E-state index in [4.69, 9.17) is 14.2 Å². The highest BCUT2D eigenvalue weighted by Gasteiger charge is 2.43. The summed E-state index contributed by atoms with van der Waals surface area (Å²) in [6.45, 7) is 2.70. The normalized spacial score (nSPS) is 20.1. The summed E-state index contributed by atoms with van der Waals surface area (Å²) in [5.41, 5.74) is 0.0663. The summed E-state index contributed by atoms with van der Waals surface area (Å²) >= 11 is 0. The number of benzene rings is 1. The van der Waals surface area contributed by atoms with Crippen molar-refractivity contribution in [2.75, 3.05) is 19.8 Å². The molecule has 0 spiro atoms. The van der Waals surface area contributed by atoms with Crippen LogP contribution in [0.5, 0.6) is 5.75 Å². The monoisotopic (exact) mass is 276 g/mol. The Morgan fingerprint density at radius 3 is 2.42 bits per heavy atom. The molecule has 1 aliphatic rings. The Balaban J connectivity index is 2.07. The van der Waals surface area contributed by atoms with E-state index in [-0.39, 0.29) is 18.3 Å². The van der Waals surface area contributed by atoms with Gasteiger partial charge in [0.15, 0.2) is 6.10 Å². The molecule has 1 heterocycles. The minimum Gasteiger partial charge on any atom is -0.494 e. The minimum absolute atomic E-state index is 0.0443. The molecular weight excluding hydrogens is 261 g/mol. The summed E-state index contributed by atoms with van der Waals surface area (Å²) in [5, 5.41) is 0. The Labute approximate surface area is 109 Å². The van der Waals surface area contributed by atoms with E-state index in [0.29, 0.717) is 19.0 Å². The van der Waals surface area contributed by atoms with Crippen LogP contribution in [0.4, 0.5) is 13.2 Å². The van der Waals surface area contributed by atoms with Crippen molar-refractivity contribution < 1.29 is 27.4 Å². The fourth-order valence-electron chi connectivity index (χ4n) is 1.65. The van der Waals surface area contributed by atoms with Gasteiger partial charge in [-0.3, -0.25) is 0 Å². The van der Waals surface area contributed by atoms with Crippen LogP contribution < -0.4 is 4.74 Å². The molecule has 0 aromatic heterocycles. The van der Waals surface area contributed by atoms with E-state index in [9.17, 15) is 13.2 Å². The second kappa shape index (κ2) is 5.79. The van der Waals surface area contributed by atoms with Crippen molar-refractivity contribution in [3.05, 3.63) is 29.8 Å². The van der Waals surface area contributed by atoms with Crippen molar-refractivity contribution >= 4 is 0 Å². The number of hydrogen-bond donors (Lipinski definition) is 0. The van der Waals surface area contributed by atoms with Gasteiger partial charge in [0.05, 0.1) is 19.8 Å². The molecule has 1 aromatic rings. The highest BCUT2D eigenvalue weighted by atomic mass is 19.4. The van der Waals surface area contributed by atoms with E-state index in [1.807, 2.05) is 6.92 Å². The molecule has 3 nitrogen and oxygen atoms in total. The third-order valence-corrected chi connectivity index (χ3v) is 2.64. The summed E-state index contributed by atoms with van der Waals surface area (Å²) in [6, 6.07) is 5.76. The van der Waals surface area contributed by atoms with E-state index >= 15 is 0 Å². The maximum atomic E-state index is 12.9. The van der Waals surface area contributed by atoms with Crippen LogP contribution in [-0.2, 0) is 9.47 Å². The fraction of sp³-hybridized carbons (Fsp3) is 0.538. The summed E-state index contributed by atoms with van der Waals surface area (Å²) in [7, 11) is 0. The van der Waals surface area contributed by atoms with Crippen molar-refractivity contribution in [3.8, 4) is 5.75 Å². The summed E-state index contributed by atoms with van der Waals surface area (Å²) in [4.78, 5) is 0. The molecule has 0 N–H and O–H groups in total. The molecule has 106 valence electrons. The third-order valence-electron chi connectivity index (χ3n) is 2.64. The molecule has 2 unspecified atom stereocenters. The molecule has 1 fully saturated rings.